The van der Waals surface area contributed by atoms with Crippen molar-refractivity contribution in [2.75, 3.05) is 6.61 Å². The topological polar surface area (TPSA) is 118 Å². The van der Waals surface area contributed by atoms with Gasteiger partial charge in [-0.1, -0.05) is 48.5 Å². The summed E-state index contributed by atoms with van der Waals surface area (Å²) in [5.74, 6) is -0.791. The average molecular weight is 463 g/mol. The number of alkyl carbamates (subject to hydrolysis) is 1. The number of aryl methyl sites for hydroxylation is 1. The molecule has 34 heavy (non-hydrogen) atoms. The number of carbonyl (C=O) groups is 3. The Kier molecular flexibility index (Phi) is 6.67. The molecule has 1 aromatic heterocycles. The fraction of sp³-hybridized carbons (Fsp3) is 0.269. The summed E-state index contributed by atoms with van der Waals surface area (Å²) >= 11 is 0. The monoisotopic (exact) mass is 462 g/mol. The second-order valence-electron chi connectivity index (χ2n) is 8.30. The molecule has 0 radical (unpaired) electrons. The number of nitrogens with one attached hydrogen (secondary N) is 2. The largest absolute Gasteiger partial charge is 0.481 e. The lowest BCUT2D eigenvalue weighted by Crippen LogP contribution is -2.48. The number of furan rings is 1. The van der Waals surface area contributed by atoms with Gasteiger partial charge in [-0.2, -0.15) is 0 Å². The van der Waals surface area contributed by atoms with Crippen LogP contribution in [0, 0.1) is 6.92 Å². The summed E-state index contributed by atoms with van der Waals surface area (Å²) in [7, 11) is 0. The number of amides is 2. The Labute approximate surface area is 196 Å². The van der Waals surface area contributed by atoms with E-state index in [2.05, 4.69) is 10.6 Å². The molecule has 4 rings (SSSR count). The minimum atomic E-state index is -1.30. The van der Waals surface area contributed by atoms with Crippen molar-refractivity contribution in [3.8, 4) is 11.1 Å². The number of ether oxygens (including phenoxy) is 1. The van der Waals surface area contributed by atoms with E-state index in [1.54, 1.807) is 26.0 Å². The molecule has 0 bridgehead atoms. The van der Waals surface area contributed by atoms with Gasteiger partial charge in [-0.15, -0.1) is 0 Å². The maximum absolute atomic E-state index is 12.7. The molecule has 0 saturated heterocycles. The van der Waals surface area contributed by atoms with Gasteiger partial charge >= 0.3 is 12.1 Å². The van der Waals surface area contributed by atoms with Gasteiger partial charge in [0.2, 0.25) is 5.91 Å². The third kappa shape index (κ3) is 4.96. The molecule has 1 heterocycles. The quantitative estimate of drug-likeness (QED) is 0.463. The number of hydrogen-bond acceptors (Lipinski definition) is 5. The lowest BCUT2D eigenvalue weighted by Gasteiger charge is -2.20. The maximum Gasteiger partial charge on any atom is 0.407 e. The van der Waals surface area contributed by atoms with E-state index in [0.717, 1.165) is 22.3 Å². The van der Waals surface area contributed by atoms with E-state index >= 15 is 0 Å². The van der Waals surface area contributed by atoms with Gasteiger partial charge in [0.1, 0.15) is 24.2 Å². The predicted molar refractivity (Wildman–Crippen MR) is 124 cm³/mol. The summed E-state index contributed by atoms with van der Waals surface area (Å²) in [4.78, 5) is 36.6. The Morgan fingerprint density at radius 3 is 2.15 bits per heavy atom. The molecule has 0 aliphatic heterocycles. The van der Waals surface area contributed by atoms with Crippen LogP contribution in [0.5, 0.6) is 0 Å². The third-order valence-electron chi connectivity index (χ3n) is 5.88. The van der Waals surface area contributed by atoms with Crippen molar-refractivity contribution in [3.63, 3.8) is 0 Å². The fourth-order valence-corrected chi connectivity index (χ4v) is 4.24. The Morgan fingerprint density at radius 1 is 0.971 bits per heavy atom. The van der Waals surface area contributed by atoms with E-state index in [4.69, 9.17) is 9.15 Å². The molecule has 8 heteroatoms. The Balaban J connectivity index is 1.40. The highest BCUT2D eigenvalue weighted by Crippen LogP contribution is 2.44. The molecule has 8 nitrogen and oxygen atoms in total. The van der Waals surface area contributed by atoms with Crippen molar-refractivity contribution in [3.05, 3.63) is 83.3 Å². The summed E-state index contributed by atoms with van der Waals surface area (Å²) in [6, 6.07) is 17.6. The van der Waals surface area contributed by atoms with Crippen LogP contribution in [0.1, 0.15) is 48.0 Å². The number of carboxylic acids is 1. The molecular formula is C26H26N2O6. The van der Waals surface area contributed by atoms with Gasteiger partial charge in [0.05, 0.1) is 12.5 Å². The standard InChI is InChI=1S/C26H26N2O6/c1-15-11-12-23(34-15)16(2)27-25(31)22(13-24(29)30)28-26(32)33-14-21-19-9-5-3-7-17(19)18-8-4-6-10-20(18)21/h3-12,16,21-22H,13-14H2,1-2H3,(H,27,31)(H,28,32)(H,29,30). The number of aliphatic carboxylic acids is 1. The Morgan fingerprint density at radius 2 is 1.59 bits per heavy atom. The van der Waals surface area contributed by atoms with Crippen LogP contribution >= 0.6 is 0 Å². The van der Waals surface area contributed by atoms with Crippen molar-refractivity contribution in [1.29, 1.82) is 0 Å². The predicted octanol–water partition coefficient (Wildman–Crippen LogP) is 4.15. The van der Waals surface area contributed by atoms with Crippen LogP contribution in [0.4, 0.5) is 4.79 Å². The van der Waals surface area contributed by atoms with Gasteiger partial charge in [-0.05, 0) is 48.2 Å². The van der Waals surface area contributed by atoms with E-state index in [1.165, 1.54) is 0 Å². The van der Waals surface area contributed by atoms with Gasteiger partial charge < -0.3 is 24.9 Å². The first kappa shape index (κ1) is 23.1. The summed E-state index contributed by atoms with van der Waals surface area (Å²) < 4.78 is 11.0. The van der Waals surface area contributed by atoms with Gasteiger partial charge in [0, 0.05) is 5.92 Å². The second kappa shape index (κ2) is 9.82. The van der Waals surface area contributed by atoms with Crippen LogP contribution in [0.3, 0.4) is 0 Å². The van der Waals surface area contributed by atoms with Crippen molar-refractivity contribution in [1.82, 2.24) is 10.6 Å². The van der Waals surface area contributed by atoms with Crippen LogP contribution < -0.4 is 10.6 Å². The molecule has 2 atom stereocenters. The highest BCUT2D eigenvalue weighted by atomic mass is 16.5. The number of fused-ring (bicyclic) bond motifs is 3. The first-order chi connectivity index (χ1) is 16.3. The lowest BCUT2D eigenvalue weighted by molar-refractivity contribution is -0.140. The number of benzene rings is 2. The summed E-state index contributed by atoms with van der Waals surface area (Å²) in [5, 5.41) is 14.3. The smallest absolute Gasteiger partial charge is 0.407 e. The fourth-order valence-electron chi connectivity index (χ4n) is 4.24. The van der Waals surface area contributed by atoms with Crippen molar-refractivity contribution >= 4 is 18.0 Å². The zero-order valence-corrected chi connectivity index (χ0v) is 18.9. The molecule has 3 aromatic rings. The second-order valence-corrected chi connectivity index (χ2v) is 8.30. The Hall–Kier alpha value is -4.07. The van der Waals surface area contributed by atoms with Crippen molar-refractivity contribution < 1.29 is 28.6 Å². The van der Waals surface area contributed by atoms with Gasteiger partial charge in [-0.3, -0.25) is 9.59 Å². The zero-order valence-electron chi connectivity index (χ0n) is 18.9. The van der Waals surface area contributed by atoms with Gasteiger partial charge in [-0.25, -0.2) is 4.79 Å². The van der Waals surface area contributed by atoms with Crippen LogP contribution in [0.25, 0.3) is 11.1 Å². The first-order valence-electron chi connectivity index (χ1n) is 11.0. The van der Waals surface area contributed by atoms with E-state index in [9.17, 15) is 19.5 Å². The van der Waals surface area contributed by atoms with E-state index in [0.29, 0.717) is 11.5 Å². The number of carbonyl (C=O) groups excluding carboxylic acids is 2. The number of rotatable bonds is 8. The van der Waals surface area contributed by atoms with Crippen molar-refractivity contribution in [2.45, 2.75) is 38.3 Å². The summed E-state index contributed by atoms with van der Waals surface area (Å²) in [6.45, 7) is 3.55. The molecule has 2 amide bonds. The molecule has 1 aliphatic carbocycles. The minimum Gasteiger partial charge on any atom is -0.481 e. The number of hydrogen-bond donors (Lipinski definition) is 3. The van der Waals surface area contributed by atoms with Crippen LogP contribution in [-0.2, 0) is 14.3 Å². The van der Waals surface area contributed by atoms with Crippen molar-refractivity contribution in [2.24, 2.45) is 0 Å². The zero-order chi connectivity index (χ0) is 24.2. The maximum atomic E-state index is 12.7. The van der Waals surface area contributed by atoms with Gasteiger partial charge in [0.25, 0.3) is 0 Å². The molecule has 2 aromatic carbocycles. The van der Waals surface area contributed by atoms with E-state index in [1.807, 2.05) is 48.5 Å². The molecular weight excluding hydrogens is 436 g/mol. The van der Waals surface area contributed by atoms with Crippen LogP contribution in [0.2, 0.25) is 0 Å². The summed E-state index contributed by atoms with van der Waals surface area (Å²) in [6.07, 6.45) is -1.44. The molecule has 0 fully saturated rings. The normalized spacial score (nSPS) is 13.9. The highest BCUT2D eigenvalue weighted by molar-refractivity contribution is 5.89. The van der Waals surface area contributed by atoms with E-state index < -0.39 is 36.5 Å². The molecule has 0 saturated carbocycles. The number of carboxylic acid groups (broad SMARTS) is 1. The van der Waals surface area contributed by atoms with E-state index in [-0.39, 0.29) is 12.5 Å². The molecule has 3 N–H and O–H groups in total. The SMILES string of the molecule is Cc1ccc(C(C)NC(=O)C(CC(=O)O)NC(=O)OCC2c3ccccc3-c3ccccc32)o1. The third-order valence-corrected chi connectivity index (χ3v) is 5.88. The Bertz CT molecular complexity index is 1170. The summed E-state index contributed by atoms with van der Waals surface area (Å²) in [5.41, 5.74) is 4.30. The minimum absolute atomic E-state index is 0.0589. The lowest BCUT2D eigenvalue weighted by atomic mass is 9.98. The van der Waals surface area contributed by atoms with Crippen LogP contribution in [-0.4, -0.2) is 35.7 Å². The first-order valence-corrected chi connectivity index (χ1v) is 11.0. The average Bonchev–Trinajstić information content (AvgIpc) is 3.38. The molecule has 2 unspecified atom stereocenters. The molecule has 1 aliphatic rings. The molecule has 0 spiro atoms. The molecule has 176 valence electrons. The van der Waals surface area contributed by atoms with Crippen LogP contribution in [0.15, 0.2) is 65.1 Å². The highest BCUT2D eigenvalue weighted by Gasteiger charge is 2.30. The van der Waals surface area contributed by atoms with Gasteiger partial charge in [0.15, 0.2) is 0 Å².